The summed E-state index contributed by atoms with van der Waals surface area (Å²) in [6, 6.07) is 23.6. The largest absolute Gasteiger partial charge is 0.457 e. The van der Waals surface area contributed by atoms with Gasteiger partial charge in [0.05, 0.1) is 0 Å². The molecule has 0 saturated heterocycles. The molecule has 0 fully saturated rings. The van der Waals surface area contributed by atoms with Crippen molar-refractivity contribution in [1.82, 2.24) is 0 Å². The van der Waals surface area contributed by atoms with Crippen LogP contribution in [0, 0.1) is 19.8 Å². The van der Waals surface area contributed by atoms with Gasteiger partial charge >= 0.3 is 11.9 Å². The number of carbonyl (C=O) groups is 3. The van der Waals surface area contributed by atoms with Gasteiger partial charge in [-0.15, -0.1) is 0 Å². The summed E-state index contributed by atoms with van der Waals surface area (Å²) in [5.74, 6) is -2.34. The zero-order valence-corrected chi connectivity index (χ0v) is 19.3. The van der Waals surface area contributed by atoms with E-state index in [1.54, 1.807) is 24.3 Å². The van der Waals surface area contributed by atoms with E-state index in [9.17, 15) is 14.4 Å². The fourth-order valence-corrected chi connectivity index (χ4v) is 3.80. The molecule has 0 heterocycles. The van der Waals surface area contributed by atoms with Crippen LogP contribution in [0.2, 0.25) is 0 Å². The number of aryl methyl sites for hydroxylation is 2. The summed E-state index contributed by atoms with van der Waals surface area (Å²) >= 11 is 0. The van der Waals surface area contributed by atoms with Crippen LogP contribution in [0.5, 0.6) is 0 Å². The van der Waals surface area contributed by atoms with Gasteiger partial charge in [-0.1, -0.05) is 90.0 Å². The van der Waals surface area contributed by atoms with E-state index in [1.807, 2.05) is 68.4 Å². The second-order valence-corrected chi connectivity index (χ2v) is 8.14. The molecule has 3 atom stereocenters. The number of Topliss-reactive ketones (excluding diaryl/α,β-unsaturated/α-hetero) is 1. The molecular formula is C28H28O5. The summed E-state index contributed by atoms with van der Waals surface area (Å²) in [6.45, 7) is 6.51. The Hall–Kier alpha value is -3.73. The maximum Gasteiger partial charge on any atom is 0.303 e. The number of benzene rings is 3. The number of ether oxygens (including phenoxy) is 2. The third kappa shape index (κ3) is 6.16. The maximum absolute atomic E-state index is 13.9. The molecule has 3 aromatic carbocycles. The zero-order chi connectivity index (χ0) is 24.0. The molecule has 3 aromatic rings. The molecule has 0 bridgehead atoms. The lowest BCUT2D eigenvalue weighted by Crippen LogP contribution is -2.33. The van der Waals surface area contributed by atoms with Crippen molar-refractivity contribution in [1.29, 1.82) is 0 Å². The third-order valence-corrected chi connectivity index (χ3v) is 5.41. The molecule has 5 nitrogen and oxygen atoms in total. The highest BCUT2D eigenvalue weighted by molar-refractivity contribution is 5.99. The Labute approximate surface area is 194 Å². The summed E-state index contributed by atoms with van der Waals surface area (Å²) in [5, 5.41) is 0. The van der Waals surface area contributed by atoms with Crippen molar-refractivity contribution in [2.45, 2.75) is 39.9 Å². The van der Waals surface area contributed by atoms with Gasteiger partial charge < -0.3 is 9.47 Å². The Bertz CT molecular complexity index is 1040. The van der Waals surface area contributed by atoms with Crippen LogP contribution >= 0.6 is 0 Å². The molecule has 0 radical (unpaired) electrons. The van der Waals surface area contributed by atoms with E-state index < -0.39 is 30.1 Å². The molecule has 3 rings (SSSR count). The smallest absolute Gasteiger partial charge is 0.303 e. The van der Waals surface area contributed by atoms with Gasteiger partial charge in [0.2, 0.25) is 0 Å². The molecule has 0 spiro atoms. The Morgan fingerprint density at radius 2 is 1.00 bits per heavy atom. The van der Waals surface area contributed by atoms with E-state index in [-0.39, 0.29) is 5.78 Å². The van der Waals surface area contributed by atoms with E-state index in [4.69, 9.17) is 9.47 Å². The predicted molar refractivity (Wildman–Crippen MR) is 126 cm³/mol. The zero-order valence-electron chi connectivity index (χ0n) is 19.3. The number of rotatable bonds is 8. The van der Waals surface area contributed by atoms with E-state index >= 15 is 0 Å². The van der Waals surface area contributed by atoms with Crippen molar-refractivity contribution in [2.75, 3.05) is 0 Å². The molecule has 0 aliphatic heterocycles. The molecule has 0 aliphatic carbocycles. The normalized spacial score (nSPS) is 13.5. The van der Waals surface area contributed by atoms with Gasteiger partial charge in [-0.2, -0.15) is 0 Å². The number of hydrogen-bond acceptors (Lipinski definition) is 5. The van der Waals surface area contributed by atoms with E-state index in [0.29, 0.717) is 16.7 Å². The summed E-state index contributed by atoms with van der Waals surface area (Å²) < 4.78 is 11.5. The molecule has 0 N–H and O–H groups in total. The highest BCUT2D eigenvalue weighted by Gasteiger charge is 2.41. The average molecular weight is 445 g/mol. The first kappa shape index (κ1) is 23.9. The molecule has 1 unspecified atom stereocenters. The van der Waals surface area contributed by atoms with Crippen LogP contribution in [0.4, 0.5) is 0 Å². The highest BCUT2D eigenvalue weighted by Crippen LogP contribution is 2.40. The lowest BCUT2D eigenvalue weighted by atomic mass is 9.81. The summed E-state index contributed by atoms with van der Waals surface area (Å²) in [5.41, 5.74) is 3.79. The molecule has 5 heteroatoms. The SMILES string of the molecule is CC(=O)O[C@H](c1ccc(C)cc1)C(C(=O)c1ccccc1)[C@@H](OC(C)=O)c1ccc(C)cc1. The van der Waals surface area contributed by atoms with Gasteiger partial charge in [0, 0.05) is 19.4 Å². The summed E-state index contributed by atoms with van der Waals surface area (Å²) in [6.07, 6.45) is -1.91. The molecule has 0 aliphatic rings. The van der Waals surface area contributed by atoms with Crippen LogP contribution in [0.1, 0.15) is 58.7 Å². The minimum absolute atomic E-state index is 0.283. The second kappa shape index (κ2) is 10.7. The molecule has 0 amide bonds. The lowest BCUT2D eigenvalue weighted by molar-refractivity contribution is -0.157. The fourth-order valence-electron chi connectivity index (χ4n) is 3.80. The summed E-state index contributed by atoms with van der Waals surface area (Å²) in [7, 11) is 0. The van der Waals surface area contributed by atoms with Gasteiger partial charge in [0.25, 0.3) is 0 Å². The monoisotopic (exact) mass is 444 g/mol. The first-order chi connectivity index (χ1) is 15.8. The number of carbonyl (C=O) groups excluding carboxylic acids is 3. The quantitative estimate of drug-likeness (QED) is 0.329. The second-order valence-electron chi connectivity index (χ2n) is 8.14. The van der Waals surface area contributed by atoms with Crippen molar-refractivity contribution in [2.24, 2.45) is 5.92 Å². The van der Waals surface area contributed by atoms with Gasteiger partial charge in [0.1, 0.15) is 18.1 Å². The molecule has 170 valence electrons. The highest BCUT2D eigenvalue weighted by atomic mass is 16.6. The Balaban J connectivity index is 2.21. The van der Waals surface area contributed by atoms with Gasteiger partial charge in [0.15, 0.2) is 5.78 Å². The first-order valence-corrected chi connectivity index (χ1v) is 10.8. The summed E-state index contributed by atoms with van der Waals surface area (Å²) in [4.78, 5) is 38.2. The standard InChI is InChI=1S/C28H28O5/c1-18-10-14-23(15-11-18)27(32-20(3)29)25(26(31)22-8-6-5-7-9-22)28(33-21(4)30)24-16-12-19(2)13-17-24/h5-17,25,27-28H,1-4H3/t25?,27-,28+. The van der Waals surface area contributed by atoms with Crippen LogP contribution in [0.3, 0.4) is 0 Å². The topological polar surface area (TPSA) is 69.7 Å². The maximum atomic E-state index is 13.9. The van der Waals surface area contributed by atoms with Crippen molar-refractivity contribution in [3.8, 4) is 0 Å². The van der Waals surface area contributed by atoms with Gasteiger partial charge in [-0.3, -0.25) is 14.4 Å². The third-order valence-electron chi connectivity index (χ3n) is 5.41. The minimum Gasteiger partial charge on any atom is -0.457 e. The van der Waals surface area contributed by atoms with Gasteiger partial charge in [-0.05, 0) is 25.0 Å². The lowest BCUT2D eigenvalue weighted by Gasteiger charge is -2.32. The van der Waals surface area contributed by atoms with Crippen LogP contribution in [-0.2, 0) is 19.1 Å². The Morgan fingerprint density at radius 1 is 0.606 bits per heavy atom. The number of hydrogen-bond donors (Lipinski definition) is 0. The molecule has 33 heavy (non-hydrogen) atoms. The molecule has 0 aromatic heterocycles. The van der Waals surface area contributed by atoms with Gasteiger partial charge in [-0.25, -0.2) is 0 Å². The minimum atomic E-state index is -0.995. The Kier molecular flexibility index (Phi) is 7.78. The Morgan fingerprint density at radius 3 is 1.36 bits per heavy atom. The van der Waals surface area contributed by atoms with Crippen LogP contribution < -0.4 is 0 Å². The van der Waals surface area contributed by atoms with E-state index in [0.717, 1.165) is 11.1 Å². The van der Waals surface area contributed by atoms with E-state index in [1.165, 1.54) is 13.8 Å². The van der Waals surface area contributed by atoms with Crippen LogP contribution in [0.15, 0.2) is 78.9 Å². The average Bonchev–Trinajstić information content (AvgIpc) is 2.79. The fraction of sp³-hybridized carbons (Fsp3) is 0.250. The van der Waals surface area contributed by atoms with Crippen LogP contribution in [-0.4, -0.2) is 17.7 Å². The first-order valence-electron chi connectivity index (χ1n) is 10.8. The van der Waals surface area contributed by atoms with Crippen LogP contribution in [0.25, 0.3) is 0 Å². The number of esters is 2. The van der Waals surface area contributed by atoms with Crippen molar-refractivity contribution >= 4 is 17.7 Å². The molecular weight excluding hydrogens is 416 g/mol. The van der Waals surface area contributed by atoms with Crippen molar-refractivity contribution in [3.63, 3.8) is 0 Å². The number of ketones is 1. The van der Waals surface area contributed by atoms with E-state index in [2.05, 4.69) is 0 Å². The predicted octanol–water partition coefficient (Wildman–Crippen LogP) is 5.71. The molecule has 0 saturated carbocycles. The van der Waals surface area contributed by atoms with Crippen molar-refractivity contribution in [3.05, 3.63) is 107 Å². The van der Waals surface area contributed by atoms with Crippen molar-refractivity contribution < 1.29 is 23.9 Å².